The van der Waals surface area contributed by atoms with Crippen molar-refractivity contribution in [1.29, 1.82) is 0 Å². The van der Waals surface area contributed by atoms with Crippen molar-refractivity contribution < 1.29 is 19.1 Å². The number of amides is 3. The van der Waals surface area contributed by atoms with Crippen molar-refractivity contribution in [2.45, 2.75) is 13.0 Å². The molecule has 1 saturated heterocycles. The largest absolute Gasteiger partial charge is 0.497 e. The maximum Gasteiger partial charge on any atom is 0.251 e. The van der Waals surface area contributed by atoms with Crippen LogP contribution in [0.1, 0.15) is 22.3 Å². The lowest BCUT2D eigenvalue weighted by molar-refractivity contribution is -0.124. The zero-order valence-electron chi connectivity index (χ0n) is 17.7. The highest BCUT2D eigenvalue weighted by Crippen LogP contribution is 2.65. The van der Waals surface area contributed by atoms with Gasteiger partial charge in [-0.25, -0.2) is 0 Å². The molecule has 3 fully saturated rings. The van der Waals surface area contributed by atoms with Gasteiger partial charge in [0.25, 0.3) is 5.91 Å². The molecule has 6 atom stereocenters. The molecule has 0 spiro atoms. The van der Waals surface area contributed by atoms with Crippen LogP contribution in [0.3, 0.4) is 0 Å². The molecule has 6 unspecified atom stereocenters. The van der Waals surface area contributed by atoms with E-state index in [4.69, 9.17) is 4.74 Å². The third kappa shape index (κ3) is 2.82. The highest BCUT2D eigenvalue weighted by molar-refractivity contribution is 6.22. The second-order valence-corrected chi connectivity index (χ2v) is 9.24. The van der Waals surface area contributed by atoms with Gasteiger partial charge in [-0.2, -0.15) is 0 Å². The number of anilines is 1. The quantitative estimate of drug-likeness (QED) is 0.586. The van der Waals surface area contributed by atoms with E-state index in [0.717, 1.165) is 12.0 Å². The molecule has 2 aromatic rings. The van der Waals surface area contributed by atoms with Crippen molar-refractivity contribution in [2.24, 2.45) is 35.5 Å². The molecule has 1 N–H and O–H groups in total. The van der Waals surface area contributed by atoms with Gasteiger partial charge in [-0.1, -0.05) is 24.3 Å². The molecule has 4 aliphatic carbocycles. The van der Waals surface area contributed by atoms with Crippen molar-refractivity contribution in [3.05, 3.63) is 71.8 Å². The fraction of sp³-hybridized carbons (Fsp3) is 0.346. The molecule has 2 bridgehead atoms. The number of imide groups is 1. The zero-order valence-corrected chi connectivity index (χ0v) is 17.7. The molecule has 1 heterocycles. The molecule has 2 aromatic carbocycles. The number of methoxy groups -OCH3 is 1. The average molecular weight is 428 g/mol. The molecule has 162 valence electrons. The normalized spacial score (nSPS) is 31.3. The van der Waals surface area contributed by atoms with Gasteiger partial charge < -0.3 is 10.1 Å². The smallest absolute Gasteiger partial charge is 0.251 e. The summed E-state index contributed by atoms with van der Waals surface area (Å²) in [5, 5.41) is 2.89. The van der Waals surface area contributed by atoms with E-state index in [-0.39, 0.29) is 41.4 Å². The van der Waals surface area contributed by atoms with E-state index < -0.39 is 0 Å². The summed E-state index contributed by atoms with van der Waals surface area (Å²) in [6.45, 7) is 0.357. The minimum atomic E-state index is -0.190. The summed E-state index contributed by atoms with van der Waals surface area (Å²) in [6, 6.07) is 14.2. The van der Waals surface area contributed by atoms with Crippen LogP contribution in [-0.4, -0.2) is 24.8 Å². The average Bonchev–Trinajstić information content (AvgIpc) is 3.61. The van der Waals surface area contributed by atoms with Gasteiger partial charge in [0.15, 0.2) is 0 Å². The maximum atomic E-state index is 13.2. The monoisotopic (exact) mass is 428 g/mol. The second kappa shape index (κ2) is 7.05. The molecule has 0 aromatic heterocycles. The van der Waals surface area contributed by atoms with Crippen molar-refractivity contribution in [1.82, 2.24) is 5.32 Å². The number of allylic oxidation sites excluding steroid dienone is 2. The number of carbonyl (C=O) groups excluding carboxylic acids is 3. The minimum absolute atomic E-state index is 0.0507. The molecule has 5 aliphatic rings. The van der Waals surface area contributed by atoms with E-state index in [2.05, 4.69) is 17.5 Å². The number of carbonyl (C=O) groups is 3. The molecule has 2 saturated carbocycles. The SMILES string of the molecule is COc1ccc(C(=O)NCc2ccc(N3C(=O)C4C5C=CC(C6CC56)C4C3=O)cc2)cc1. The van der Waals surface area contributed by atoms with E-state index >= 15 is 0 Å². The topological polar surface area (TPSA) is 75.7 Å². The number of ether oxygens (including phenoxy) is 1. The van der Waals surface area contributed by atoms with Crippen LogP contribution >= 0.6 is 0 Å². The fourth-order valence-corrected chi connectivity index (χ4v) is 6.00. The van der Waals surface area contributed by atoms with Crippen LogP contribution in [0.5, 0.6) is 5.75 Å². The summed E-state index contributed by atoms with van der Waals surface area (Å²) >= 11 is 0. The van der Waals surface area contributed by atoms with Crippen LogP contribution < -0.4 is 15.0 Å². The van der Waals surface area contributed by atoms with Crippen LogP contribution in [0.4, 0.5) is 5.69 Å². The van der Waals surface area contributed by atoms with E-state index in [1.807, 2.05) is 12.1 Å². The lowest BCUT2D eigenvalue weighted by Crippen LogP contribution is -2.40. The van der Waals surface area contributed by atoms with Gasteiger partial charge in [0, 0.05) is 12.1 Å². The first-order valence-electron chi connectivity index (χ1n) is 11.1. The number of nitrogens with zero attached hydrogens (tertiary/aromatic N) is 1. The Labute approximate surface area is 186 Å². The molecule has 7 rings (SSSR count). The van der Waals surface area contributed by atoms with Crippen LogP contribution in [0.25, 0.3) is 0 Å². The molecule has 32 heavy (non-hydrogen) atoms. The van der Waals surface area contributed by atoms with Crippen LogP contribution in [0.2, 0.25) is 0 Å². The van der Waals surface area contributed by atoms with Crippen LogP contribution in [0.15, 0.2) is 60.7 Å². The van der Waals surface area contributed by atoms with Crippen molar-refractivity contribution >= 4 is 23.4 Å². The van der Waals surface area contributed by atoms with Gasteiger partial charge in [-0.15, -0.1) is 0 Å². The Morgan fingerprint density at radius 3 is 2.09 bits per heavy atom. The Morgan fingerprint density at radius 1 is 0.938 bits per heavy atom. The summed E-state index contributed by atoms with van der Waals surface area (Å²) in [5.41, 5.74) is 2.07. The molecule has 0 radical (unpaired) electrons. The van der Waals surface area contributed by atoms with Gasteiger partial charge in [-0.05, 0) is 72.1 Å². The van der Waals surface area contributed by atoms with Crippen LogP contribution in [0, 0.1) is 35.5 Å². The van der Waals surface area contributed by atoms with Gasteiger partial charge in [-0.3, -0.25) is 19.3 Å². The maximum absolute atomic E-state index is 13.2. The number of hydrogen-bond acceptors (Lipinski definition) is 4. The Bertz CT molecular complexity index is 1100. The first-order chi connectivity index (χ1) is 15.6. The second-order valence-electron chi connectivity index (χ2n) is 9.24. The van der Waals surface area contributed by atoms with Crippen molar-refractivity contribution in [2.75, 3.05) is 12.0 Å². The first kappa shape index (κ1) is 19.3. The van der Waals surface area contributed by atoms with Crippen molar-refractivity contribution in [3.8, 4) is 5.75 Å². The van der Waals surface area contributed by atoms with Crippen molar-refractivity contribution in [3.63, 3.8) is 0 Å². The van der Waals surface area contributed by atoms with E-state index in [1.165, 1.54) is 4.90 Å². The fourth-order valence-electron chi connectivity index (χ4n) is 6.00. The number of benzene rings is 2. The minimum Gasteiger partial charge on any atom is -0.497 e. The lowest BCUT2D eigenvalue weighted by atomic mass is 9.63. The summed E-state index contributed by atoms with van der Waals surface area (Å²) in [6.07, 6.45) is 5.53. The Morgan fingerprint density at radius 2 is 1.53 bits per heavy atom. The molecular weight excluding hydrogens is 404 g/mol. The standard InChI is InChI=1S/C26H24N2O4/c1-32-17-8-4-15(5-9-17)24(29)27-13-14-2-6-16(7-3-14)28-25(30)22-18-10-11-19(21-12-20(18)21)23(22)26(28)31/h2-11,18-23H,12-13H2,1H3,(H,27,29). The summed E-state index contributed by atoms with van der Waals surface area (Å²) < 4.78 is 5.11. The third-order valence-electron chi connectivity index (χ3n) is 7.66. The van der Waals surface area contributed by atoms with Crippen LogP contribution in [-0.2, 0) is 16.1 Å². The summed E-state index contributed by atoms with van der Waals surface area (Å²) in [4.78, 5) is 40.2. The van der Waals surface area contributed by atoms with Gasteiger partial charge in [0.05, 0.1) is 24.6 Å². The Hall–Kier alpha value is -3.41. The lowest BCUT2D eigenvalue weighted by Gasteiger charge is -2.37. The summed E-state index contributed by atoms with van der Waals surface area (Å²) in [7, 11) is 1.58. The zero-order chi connectivity index (χ0) is 22.0. The molecule has 3 amide bonds. The molecule has 1 aliphatic heterocycles. The predicted octanol–water partition coefficient (Wildman–Crippen LogP) is 3.18. The number of rotatable bonds is 5. The summed E-state index contributed by atoms with van der Waals surface area (Å²) in [5.74, 6) is 1.69. The number of nitrogens with one attached hydrogen (secondary N) is 1. The highest BCUT2D eigenvalue weighted by Gasteiger charge is 2.67. The Balaban J connectivity index is 1.14. The molecule has 6 heteroatoms. The van der Waals surface area contributed by atoms with Gasteiger partial charge in [0.2, 0.25) is 11.8 Å². The van der Waals surface area contributed by atoms with E-state index in [9.17, 15) is 14.4 Å². The Kier molecular flexibility index (Phi) is 4.25. The predicted molar refractivity (Wildman–Crippen MR) is 118 cm³/mol. The van der Waals surface area contributed by atoms with E-state index in [1.54, 1.807) is 43.5 Å². The third-order valence-corrected chi connectivity index (χ3v) is 7.66. The highest BCUT2D eigenvalue weighted by atomic mass is 16.5. The molecule has 6 nitrogen and oxygen atoms in total. The van der Waals surface area contributed by atoms with Gasteiger partial charge >= 0.3 is 0 Å². The molecular formula is C26H24N2O4. The first-order valence-corrected chi connectivity index (χ1v) is 11.1. The van der Waals surface area contributed by atoms with Gasteiger partial charge in [0.1, 0.15) is 5.75 Å². The number of hydrogen-bond donors (Lipinski definition) is 1. The van der Waals surface area contributed by atoms with E-state index in [0.29, 0.717) is 35.4 Å².